The molecule has 31 heavy (non-hydrogen) atoms. The molecule has 0 unspecified atom stereocenters. The summed E-state index contributed by atoms with van der Waals surface area (Å²) in [6.07, 6.45) is -0.959. The fourth-order valence-electron chi connectivity index (χ4n) is 4.31. The second kappa shape index (κ2) is 6.16. The number of amides is 1. The number of aromatic amines is 1. The lowest BCUT2D eigenvalue weighted by Crippen LogP contribution is -2.46. The van der Waals surface area contributed by atoms with Crippen LogP contribution in [0.1, 0.15) is 51.5 Å². The van der Waals surface area contributed by atoms with Gasteiger partial charge < -0.3 is 14.3 Å². The van der Waals surface area contributed by atoms with Gasteiger partial charge in [0.15, 0.2) is 12.1 Å². The zero-order chi connectivity index (χ0) is 21.4. The second-order valence-electron chi connectivity index (χ2n) is 7.83. The number of rotatable bonds is 2. The summed E-state index contributed by atoms with van der Waals surface area (Å²) in [6.45, 7) is 0.238. The molecule has 1 N–H and O–H groups in total. The molecule has 4 heterocycles. The van der Waals surface area contributed by atoms with Gasteiger partial charge in [0, 0.05) is 12.0 Å². The van der Waals surface area contributed by atoms with Gasteiger partial charge in [-0.3, -0.25) is 4.79 Å². The third-order valence-electron chi connectivity index (χ3n) is 5.92. The van der Waals surface area contributed by atoms with Gasteiger partial charge in [-0.25, -0.2) is 15.0 Å². The molecular weight excluding hydrogens is 431 g/mol. The Hall–Kier alpha value is -3.21. The summed E-state index contributed by atoms with van der Waals surface area (Å²) in [5.41, 5.74) is 0.633. The molecule has 3 aromatic heterocycles. The van der Waals surface area contributed by atoms with Crippen LogP contribution >= 0.6 is 11.3 Å². The number of carbonyl (C=O) groups excluding carboxylic acids is 1. The number of hydrogen-bond donors (Lipinski definition) is 1. The monoisotopic (exact) mass is 445 g/mol. The highest BCUT2D eigenvalue weighted by Crippen LogP contribution is 2.55. The maximum Gasteiger partial charge on any atom is 0.437 e. The van der Waals surface area contributed by atoms with E-state index in [1.807, 2.05) is 24.3 Å². The average Bonchev–Trinajstić information content (AvgIpc) is 3.18. The molecular formula is C20H14F3N5O2S. The minimum atomic E-state index is -4.80. The summed E-state index contributed by atoms with van der Waals surface area (Å²) in [6, 6.07) is 6.83. The molecule has 7 nitrogen and oxygen atoms in total. The van der Waals surface area contributed by atoms with Crippen molar-refractivity contribution in [3.05, 3.63) is 64.8 Å². The summed E-state index contributed by atoms with van der Waals surface area (Å²) in [4.78, 5) is 30.4. The lowest BCUT2D eigenvalue weighted by atomic mass is 9.90. The molecule has 158 valence electrons. The van der Waals surface area contributed by atoms with E-state index in [4.69, 9.17) is 4.42 Å². The first-order chi connectivity index (χ1) is 14.9. The van der Waals surface area contributed by atoms with Crippen LogP contribution < -0.4 is 0 Å². The van der Waals surface area contributed by atoms with E-state index in [0.717, 1.165) is 28.8 Å². The number of alkyl halides is 3. The van der Waals surface area contributed by atoms with Gasteiger partial charge in [0.05, 0.1) is 27.9 Å². The van der Waals surface area contributed by atoms with Crippen molar-refractivity contribution in [2.45, 2.75) is 30.5 Å². The number of fused-ring (bicyclic) bond motifs is 3. The number of carbonyl (C=O) groups is 1. The smallest absolute Gasteiger partial charge is 0.437 e. The first-order valence-corrected chi connectivity index (χ1v) is 10.4. The molecule has 1 spiro atoms. The Labute approximate surface area is 176 Å². The normalized spacial score (nSPS) is 19.7. The van der Waals surface area contributed by atoms with Crippen molar-refractivity contribution in [1.29, 1.82) is 0 Å². The summed E-state index contributed by atoms with van der Waals surface area (Å²) < 4.78 is 46.1. The van der Waals surface area contributed by atoms with Crippen molar-refractivity contribution in [2.75, 3.05) is 6.54 Å². The number of halogens is 3. The number of H-pyrrole nitrogens is 1. The Morgan fingerprint density at radius 2 is 2.06 bits per heavy atom. The first-order valence-electron chi connectivity index (χ1n) is 9.58. The van der Waals surface area contributed by atoms with E-state index in [1.54, 1.807) is 6.33 Å². The number of oxazole rings is 1. The second-order valence-corrected chi connectivity index (χ2v) is 8.89. The molecule has 0 bridgehead atoms. The molecule has 1 amide bonds. The molecule has 11 heteroatoms. The maximum absolute atomic E-state index is 13.4. The van der Waals surface area contributed by atoms with Gasteiger partial charge in [-0.05, 0) is 25.0 Å². The molecule has 0 radical (unpaired) electrons. The highest BCUT2D eigenvalue weighted by Gasteiger charge is 2.56. The van der Waals surface area contributed by atoms with Crippen LogP contribution in [0.4, 0.5) is 13.2 Å². The zero-order valence-electron chi connectivity index (χ0n) is 15.8. The number of hydrogen-bond acceptors (Lipinski definition) is 6. The average molecular weight is 445 g/mol. The van der Waals surface area contributed by atoms with Crippen LogP contribution in [0.25, 0.3) is 10.2 Å². The van der Waals surface area contributed by atoms with E-state index >= 15 is 0 Å². The van der Waals surface area contributed by atoms with E-state index in [2.05, 4.69) is 19.9 Å². The van der Waals surface area contributed by atoms with Gasteiger partial charge in [-0.15, -0.1) is 11.3 Å². The van der Waals surface area contributed by atoms with Crippen LogP contribution in [-0.2, 0) is 11.6 Å². The van der Waals surface area contributed by atoms with Gasteiger partial charge in [-0.2, -0.15) is 13.2 Å². The van der Waals surface area contributed by atoms with E-state index in [0.29, 0.717) is 17.1 Å². The van der Waals surface area contributed by atoms with E-state index in [-0.39, 0.29) is 12.0 Å². The van der Waals surface area contributed by atoms with Crippen LogP contribution in [0.2, 0.25) is 0 Å². The molecule has 1 saturated carbocycles. The van der Waals surface area contributed by atoms with Crippen LogP contribution in [0.5, 0.6) is 0 Å². The van der Waals surface area contributed by atoms with E-state index in [9.17, 15) is 18.0 Å². The zero-order valence-corrected chi connectivity index (χ0v) is 16.6. The quantitative estimate of drug-likeness (QED) is 0.497. The molecule has 2 aliphatic rings. The number of para-hydroxylation sites is 1. The lowest BCUT2D eigenvalue weighted by Gasteiger charge is -2.37. The number of imidazole rings is 1. The minimum Gasteiger partial charge on any atom is -0.438 e. The number of benzene rings is 1. The molecule has 6 rings (SSSR count). The molecule has 1 aliphatic carbocycles. The summed E-state index contributed by atoms with van der Waals surface area (Å²) in [5, 5.41) is 0.601. The van der Waals surface area contributed by atoms with Gasteiger partial charge >= 0.3 is 6.18 Å². The lowest BCUT2D eigenvalue weighted by molar-refractivity contribution is -0.141. The Kier molecular flexibility index (Phi) is 3.69. The van der Waals surface area contributed by atoms with Gasteiger partial charge in [0.1, 0.15) is 11.0 Å². The van der Waals surface area contributed by atoms with Crippen LogP contribution in [0, 0.1) is 0 Å². The highest BCUT2D eigenvalue weighted by atomic mass is 32.1. The third kappa shape index (κ3) is 2.72. The fraction of sp³-hybridized carbons (Fsp3) is 0.300. The van der Waals surface area contributed by atoms with E-state index < -0.39 is 29.6 Å². The van der Waals surface area contributed by atoms with Gasteiger partial charge in [0.25, 0.3) is 5.91 Å². The Morgan fingerprint density at radius 1 is 1.26 bits per heavy atom. The maximum atomic E-state index is 13.4. The number of aromatic nitrogens is 4. The van der Waals surface area contributed by atoms with Crippen LogP contribution in [0.15, 0.2) is 41.4 Å². The van der Waals surface area contributed by atoms with Crippen molar-refractivity contribution in [1.82, 2.24) is 24.8 Å². The number of nitrogens with one attached hydrogen (secondary N) is 1. The molecule has 1 aromatic carbocycles. The van der Waals surface area contributed by atoms with Gasteiger partial charge in [0.2, 0.25) is 5.76 Å². The van der Waals surface area contributed by atoms with Crippen LogP contribution in [0.3, 0.4) is 0 Å². The van der Waals surface area contributed by atoms with Crippen LogP contribution in [-0.4, -0.2) is 37.3 Å². The van der Waals surface area contributed by atoms with E-state index in [1.165, 1.54) is 16.2 Å². The Morgan fingerprint density at radius 3 is 2.81 bits per heavy atom. The molecule has 1 atom stereocenters. The molecule has 1 aliphatic heterocycles. The summed E-state index contributed by atoms with van der Waals surface area (Å²) in [5.74, 6) is -1.67. The minimum absolute atomic E-state index is 0.238. The van der Waals surface area contributed by atoms with Gasteiger partial charge in [-0.1, -0.05) is 12.1 Å². The Bertz CT molecular complexity index is 1290. The van der Waals surface area contributed by atoms with Crippen molar-refractivity contribution >= 4 is 27.5 Å². The molecule has 1 fully saturated rings. The standard InChI is InChI=1S/C20H14F3N5O2S/c21-20(22,23)16-14(30-9-26-16)18(29)28-7-19(5-6-19)15-12(24-8-25-15)13(28)17-27-10-3-1-2-4-11(10)31-17/h1-4,8-9,13H,5-7H2,(H,24,25)/t13-/m0/s1. The first kappa shape index (κ1) is 18.6. The highest BCUT2D eigenvalue weighted by molar-refractivity contribution is 7.18. The SMILES string of the molecule is O=C(c1ocnc1C(F)(F)F)N1CC2(CC2)c2nc[nH]c2[C@H]1c1nc2ccccc2s1. The predicted octanol–water partition coefficient (Wildman–Crippen LogP) is 4.30. The molecule has 4 aromatic rings. The predicted molar refractivity (Wildman–Crippen MR) is 104 cm³/mol. The Balaban J connectivity index is 1.51. The van der Waals surface area contributed by atoms with Crippen molar-refractivity contribution in [3.63, 3.8) is 0 Å². The van der Waals surface area contributed by atoms with Crippen molar-refractivity contribution in [2.24, 2.45) is 0 Å². The number of thiazole rings is 1. The topological polar surface area (TPSA) is 87.9 Å². The third-order valence-corrected chi connectivity index (χ3v) is 7.01. The summed E-state index contributed by atoms with van der Waals surface area (Å²) in [7, 11) is 0. The number of nitrogens with zero attached hydrogens (tertiary/aromatic N) is 4. The fourth-order valence-corrected chi connectivity index (χ4v) is 5.40. The summed E-state index contributed by atoms with van der Waals surface area (Å²) >= 11 is 1.40. The van der Waals surface area contributed by atoms with Crippen molar-refractivity contribution in [3.8, 4) is 0 Å². The largest absolute Gasteiger partial charge is 0.438 e. The molecule has 0 saturated heterocycles. The van der Waals surface area contributed by atoms with Crippen molar-refractivity contribution < 1.29 is 22.4 Å².